The van der Waals surface area contributed by atoms with Crippen LogP contribution in [-0.4, -0.2) is 79.2 Å². The van der Waals surface area contributed by atoms with Crippen molar-refractivity contribution in [3.63, 3.8) is 0 Å². The van der Waals surface area contributed by atoms with Crippen molar-refractivity contribution in [2.75, 3.05) is 63.6 Å². The van der Waals surface area contributed by atoms with Crippen molar-refractivity contribution in [1.29, 1.82) is 0 Å². The van der Waals surface area contributed by atoms with E-state index in [9.17, 15) is 0 Å². The Balaban J connectivity index is 1.25. The fourth-order valence-electron chi connectivity index (χ4n) is 5.66. The minimum Gasteiger partial charge on any atom is -0.493 e. The van der Waals surface area contributed by atoms with E-state index in [1.54, 1.807) is 7.11 Å². The lowest BCUT2D eigenvalue weighted by molar-refractivity contribution is 0.211. The molecule has 3 heterocycles. The lowest BCUT2D eigenvalue weighted by atomic mass is 10.0. The van der Waals surface area contributed by atoms with Crippen LogP contribution in [0.5, 0.6) is 11.5 Å². The number of rotatable bonds is 9. The average Bonchev–Trinajstić information content (AvgIpc) is 3.02. The second-order valence-corrected chi connectivity index (χ2v) is 11.1. The second-order valence-electron chi connectivity index (χ2n) is 11.1. The van der Waals surface area contributed by atoms with Crippen molar-refractivity contribution in [2.24, 2.45) is 0 Å². The van der Waals surface area contributed by atoms with Crippen molar-refractivity contribution in [3.05, 3.63) is 83.9 Å². The summed E-state index contributed by atoms with van der Waals surface area (Å²) in [7, 11) is 3.85. The summed E-state index contributed by atoms with van der Waals surface area (Å²) in [5, 5.41) is 4.77. The molecule has 3 aromatic carbocycles. The Bertz CT molecular complexity index is 1420. The predicted molar refractivity (Wildman–Crippen MR) is 165 cm³/mol. The number of benzene rings is 3. The molecular formula is C33H40N6O2. The Labute approximate surface area is 242 Å². The van der Waals surface area contributed by atoms with Crippen molar-refractivity contribution >= 4 is 22.7 Å². The summed E-state index contributed by atoms with van der Waals surface area (Å²) in [4.78, 5) is 17.3. The zero-order valence-electron chi connectivity index (χ0n) is 24.1. The minimum absolute atomic E-state index is 0.348. The molecule has 0 amide bonds. The molecule has 0 aliphatic carbocycles. The first kappa shape index (κ1) is 27.3. The van der Waals surface area contributed by atoms with Gasteiger partial charge in [-0.25, -0.2) is 4.98 Å². The maximum atomic E-state index is 6.24. The molecule has 0 atom stereocenters. The maximum Gasteiger partial charge on any atom is 0.227 e. The van der Waals surface area contributed by atoms with E-state index >= 15 is 0 Å². The Morgan fingerprint density at radius 2 is 1.49 bits per heavy atom. The van der Waals surface area contributed by atoms with Gasteiger partial charge in [0.15, 0.2) is 11.5 Å². The third kappa shape index (κ3) is 6.72. The molecule has 4 aromatic rings. The molecule has 214 valence electrons. The number of methoxy groups -OCH3 is 1. The van der Waals surface area contributed by atoms with Crippen molar-refractivity contribution in [3.8, 4) is 11.5 Å². The second kappa shape index (κ2) is 12.7. The molecule has 2 aliphatic heterocycles. The molecule has 6 rings (SSSR count). The van der Waals surface area contributed by atoms with Crippen LogP contribution in [0.2, 0.25) is 0 Å². The Morgan fingerprint density at radius 3 is 2.17 bits per heavy atom. The largest absolute Gasteiger partial charge is 0.493 e. The smallest absolute Gasteiger partial charge is 0.227 e. The molecule has 2 aliphatic rings. The van der Waals surface area contributed by atoms with Crippen molar-refractivity contribution < 1.29 is 9.47 Å². The van der Waals surface area contributed by atoms with Gasteiger partial charge in [0.1, 0.15) is 12.4 Å². The summed E-state index contributed by atoms with van der Waals surface area (Å²) in [6.45, 7) is 7.39. The normalized spacial score (nSPS) is 17.1. The lowest BCUT2D eigenvalue weighted by Crippen LogP contribution is -2.45. The van der Waals surface area contributed by atoms with Gasteiger partial charge in [0.2, 0.25) is 5.95 Å². The highest BCUT2D eigenvalue weighted by molar-refractivity contribution is 5.93. The summed E-state index contributed by atoms with van der Waals surface area (Å²) in [5.74, 6) is 3.02. The molecule has 8 heteroatoms. The number of piperidine rings is 1. The summed E-state index contributed by atoms with van der Waals surface area (Å²) in [6.07, 6.45) is 2.13. The monoisotopic (exact) mass is 552 g/mol. The third-order valence-electron chi connectivity index (χ3n) is 8.17. The van der Waals surface area contributed by atoms with Crippen LogP contribution < -0.4 is 19.7 Å². The molecule has 0 spiro atoms. The van der Waals surface area contributed by atoms with Crippen molar-refractivity contribution in [2.45, 2.75) is 32.0 Å². The van der Waals surface area contributed by atoms with E-state index in [0.29, 0.717) is 24.1 Å². The zero-order valence-corrected chi connectivity index (χ0v) is 24.1. The number of nitrogens with one attached hydrogen (secondary N) is 1. The number of ether oxygens (including phenoxy) is 2. The summed E-state index contributed by atoms with van der Waals surface area (Å²) in [6, 6.07) is 25.3. The number of piperazine rings is 1. The quantitative estimate of drug-likeness (QED) is 0.310. The molecule has 2 saturated heterocycles. The van der Waals surface area contributed by atoms with Crippen molar-refractivity contribution in [1.82, 2.24) is 19.8 Å². The number of hydrogen-bond donors (Lipinski definition) is 1. The third-order valence-corrected chi connectivity index (χ3v) is 8.17. The van der Waals surface area contributed by atoms with E-state index in [0.717, 1.165) is 86.9 Å². The Kier molecular flexibility index (Phi) is 8.49. The average molecular weight is 553 g/mol. The number of hydrogen-bond acceptors (Lipinski definition) is 8. The minimum atomic E-state index is 0.348. The number of aromatic nitrogens is 2. The van der Waals surface area contributed by atoms with Crippen LogP contribution >= 0.6 is 0 Å². The highest BCUT2D eigenvalue weighted by Gasteiger charge is 2.24. The van der Waals surface area contributed by atoms with E-state index in [4.69, 9.17) is 19.4 Å². The van der Waals surface area contributed by atoms with Gasteiger partial charge in [-0.1, -0.05) is 60.7 Å². The summed E-state index contributed by atoms with van der Waals surface area (Å²) >= 11 is 0. The van der Waals surface area contributed by atoms with Crippen LogP contribution in [0.15, 0.2) is 72.8 Å². The van der Waals surface area contributed by atoms with Crippen LogP contribution in [0.1, 0.15) is 24.0 Å². The van der Waals surface area contributed by atoms with E-state index in [2.05, 4.69) is 69.5 Å². The highest BCUT2D eigenvalue weighted by atomic mass is 16.5. The summed E-state index contributed by atoms with van der Waals surface area (Å²) in [5.41, 5.74) is 3.34. The Hall–Kier alpha value is -3.88. The van der Waals surface area contributed by atoms with E-state index in [1.165, 1.54) is 5.56 Å². The van der Waals surface area contributed by atoms with Gasteiger partial charge in [0, 0.05) is 63.3 Å². The summed E-state index contributed by atoms with van der Waals surface area (Å²) < 4.78 is 12.0. The van der Waals surface area contributed by atoms with Gasteiger partial charge in [-0.2, -0.15) is 4.98 Å². The van der Waals surface area contributed by atoms with E-state index in [1.807, 2.05) is 30.3 Å². The number of fused-ring (bicyclic) bond motifs is 1. The molecule has 0 bridgehead atoms. The topological polar surface area (TPSA) is 66.0 Å². The molecular weight excluding hydrogens is 512 g/mol. The Morgan fingerprint density at radius 1 is 0.805 bits per heavy atom. The van der Waals surface area contributed by atoms with Gasteiger partial charge in [0.05, 0.1) is 12.6 Å². The fourth-order valence-corrected chi connectivity index (χ4v) is 5.66. The molecule has 8 nitrogen and oxygen atoms in total. The highest BCUT2D eigenvalue weighted by Crippen LogP contribution is 2.36. The standard InChI is InChI=1S/C33H40N6O2/c1-37-17-19-39(20-18-37)33-35-29-22-31(41-24-26-11-7-4-8-12-26)30(40-2)21-28(29)32(36-33)34-27-13-15-38(16-14-27)23-25-9-5-3-6-10-25/h3-12,21-22,27H,13-20,23-24H2,1-2H3,(H,34,35,36). The van der Waals surface area contributed by atoms with E-state index < -0.39 is 0 Å². The maximum absolute atomic E-state index is 6.24. The van der Waals surface area contributed by atoms with Crippen LogP contribution in [0.4, 0.5) is 11.8 Å². The van der Waals surface area contributed by atoms with Crippen LogP contribution in [0, 0.1) is 0 Å². The SMILES string of the molecule is COc1cc2c(NC3CCN(Cc4ccccc4)CC3)nc(N3CCN(C)CC3)nc2cc1OCc1ccccc1. The molecule has 41 heavy (non-hydrogen) atoms. The fraction of sp³-hybridized carbons (Fsp3) is 0.394. The van der Waals surface area contributed by atoms with Gasteiger partial charge in [-0.15, -0.1) is 0 Å². The first-order valence-corrected chi connectivity index (χ1v) is 14.7. The zero-order chi connectivity index (χ0) is 28.0. The first-order chi connectivity index (χ1) is 20.1. The predicted octanol–water partition coefficient (Wildman–Crippen LogP) is 5.05. The van der Waals surface area contributed by atoms with Crippen LogP contribution in [-0.2, 0) is 13.2 Å². The van der Waals surface area contributed by atoms with Gasteiger partial charge in [-0.3, -0.25) is 4.90 Å². The number of likely N-dealkylation sites (tertiary alicyclic amines) is 1. The molecule has 0 radical (unpaired) electrons. The molecule has 1 N–H and O–H groups in total. The lowest BCUT2D eigenvalue weighted by Gasteiger charge is -2.34. The van der Waals surface area contributed by atoms with Gasteiger partial charge in [-0.05, 0) is 37.1 Å². The molecule has 0 unspecified atom stereocenters. The van der Waals surface area contributed by atoms with Crippen LogP contribution in [0.3, 0.4) is 0 Å². The van der Waals surface area contributed by atoms with Gasteiger partial charge in [0.25, 0.3) is 0 Å². The molecule has 2 fully saturated rings. The molecule has 1 aromatic heterocycles. The number of anilines is 2. The van der Waals surface area contributed by atoms with E-state index in [-0.39, 0.29) is 0 Å². The van der Waals surface area contributed by atoms with Crippen LogP contribution in [0.25, 0.3) is 10.9 Å². The van der Waals surface area contributed by atoms with Gasteiger partial charge >= 0.3 is 0 Å². The molecule has 0 saturated carbocycles. The van der Waals surface area contributed by atoms with Gasteiger partial charge < -0.3 is 24.6 Å². The first-order valence-electron chi connectivity index (χ1n) is 14.7. The number of nitrogens with zero attached hydrogens (tertiary/aromatic N) is 5. The number of likely N-dealkylation sites (N-methyl/N-ethyl adjacent to an activating group) is 1.